The molecule has 6 heteroatoms. The number of alkyl halides is 3. The largest absolute Gasteiger partial charge is 0.314 e. The summed E-state index contributed by atoms with van der Waals surface area (Å²) in [6.45, 7) is 2.54. The monoisotopic (exact) mass is 253 g/mol. The van der Waals surface area contributed by atoms with E-state index in [0.717, 1.165) is 11.3 Å². The molecule has 1 heterocycles. The first-order valence-electron chi connectivity index (χ1n) is 3.99. The quantitative estimate of drug-likeness (QED) is 0.823. The summed E-state index contributed by atoms with van der Waals surface area (Å²) in [5.74, 6) is 0.207. The van der Waals surface area contributed by atoms with Crippen LogP contribution in [0.2, 0.25) is 0 Å². The molecule has 1 rings (SSSR count). The topological polar surface area (TPSA) is 37.8 Å². The van der Waals surface area contributed by atoms with Gasteiger partial charge in [-0.3, -0.25) is 0 Å². The maximum Gasteiger partial charge on any atom is 0.250 e. The molecule has 3 nitrogen and oxygen atoms in total. The van der Waals surface area contributed by atoms with Gasteiger partial charge in [-0.05, 0) is 19.5 Å². The van der Waals surface area contributed by atoms with Crippen molar-refractivity contribution in [3.8, 4) is 0 Å². The fraction of sp³-hybridized carbons (Fsp3) is 0.500. The van der Waals surface area contributed by atoms with Crippen molar-refractivity contribution in [3.63, 3.8) is 0 Å². The second-order valence-corrected chi connectivity index (χ2v) is 5.13. The lowest BCUT2D eigenvalue weighted by atomic mass is 10.2. The smallest absolute Gasteiger partial charge is 0.250 e. The van der Waals surface area contributed by atoms with Crippen LogP contribution in [0.3, 0.4) is 0 Å². The minimum atomic E-state index is -1.56. The Bertz CT molecular complexity index is 322. The standard InChI is InChI=1S/C8H10Cl3N3/c1-5-3-13-7(8(9,10)11)14-6(5)4-12-2/h3,12H,4H2,1-2H3. The number of nitrogens with zero attached hydrogens (tertiary/aromatic N) is 2. The molecule has 0 unspecified atom stereocenters. The van der Waals surface area contributed by atoms with Gasteiger partial charge in [-0.25, -0.2) is 9.97 Å². The summed E-state index contributed by atoms with van der Waals surface area (Å²) >= 11 is 17.0. The van der Waals surface area contributed by atoms with E-state index in [2.05, 4.69) is 15.3 Å². The molecule has 0 aliphatic heterocycles. The van der Waals surface area contributed by atoms with Gasteiger partial charge in [0.05, 0.1) is 5.69 Å². The minimum absolute atomic E-state index is 0.207. The molecule has 0 radical (unpaired) electrons. The summed E-state index contributed by atoms with van der Waals surface area (Å²) in [6.07, 6.45) is 1.65. The molecule has 0 saturated carbocycles. The highest BCUT2D eigenvalue weighted by Gasteiger charge is 2.26. The molecule has 0 amide bonds. The van der Waals surface area contributed by atoms with Crippen LogP contribution in [0.1, 0.15) is 17.1 Å². The Morgan fingerprint density at radius 2 is 2.07 bits per heavy atom. The third-order valence-corrected chi connectivity index (χ3v) is 2.18. The van der Waals surface area contributed by atoms with E-state index < -0.39 is 3.79 Å². The summed E-state index contributed by atoms with van der Waals surface area (Å²) in [7, 11) is 1.83. The molecular formula is C8H10Cl3N3. The van der Waals surface area contributed by atoms with Crippen LogP contribution in [0.5, 0.6) is 0 Å². The van der Waals surface area contributed by atoms with Crippen LogP contribution < -0.4 is 5.32 Å². The fourth-order valence-corrected chi connectivity index (χ4v) is 1.23. The maximum absolute atomic E-state index is 5.67. The number of aryl methyl sites for hydroxylation is 1. The normalized spacial score (nSPS) is 11.8. The molecule has 78 valence electrons. The number of nitrogens with one attached hydrogen (secondary N) is 1. The highest BCUT2D eigenvalue weighted by molar-refractivity contribution is 6.66. The average molecular weight is 255 g/mol. The first-order valence-corrected chi connectivity index (χ1v) is 5.13. The summed E-state index contributed by atoms with van der Waals surface area (Å²) in [6, 6.07) is 0. The van der Waals surface area contributed by atoms with Gasteiger partial charge in [-0.1, -0.05) is 34.8 Å². The van der Waals surface area contributed by atoms with E-state index in [4.69, 9.17) is 34.8 Å². The van der Waals surface area contributed by atoms with Crippen LogP contribution in [0, 0.1) is 6.92 Å². The molecule has 1 aromatic heterocycles. The van der Waals surface area contributed by atoms with Crippen LogP contribution >= 0.6 is 34.8 Å². The van der Waals surface area contributed by atoms with Crippen molar-refractivity contribution in [1.82, 2.24) is 15.3 Å². The third-order valence-electron chi connectivity index (χ3n) is 1.67. The van der Waals surface area contributed by atoms with Crippen molar-refractivity contribution >= 4 is 34.8 Å². The summed E-state index contributed by atoms with van der Waals surface area (Å²) in [5.41, 5.74) is 1.81. The maximum atomic E-state index is 5.67. The molecule has 0 atom stereocenters. The molecule has 1 N–H and O–H groups in total. The van der Waals surface area contributed by atoms with E-state index in [9.17, 15) is 0 Å². The number of halogens is 3. The number of rotatable bonds is 2. The highest BCUT2D eigenvalue weighted by atomic mass is 35.6. The number of hydrogen-bond acceptors (Lipinski definition) is 3. The molecule has 0 fully saturated rings. The van der Waals surface area contributed by atoms with Gasteiger partial charge in [0, 0.05) is 12.7 Å². The first kappa shape index (κ1) is 12.0. The van der Waals surface area contributed by atoms with Crippen LogP contribution in [-0.2, 0) is 10.3 Å². The molecule has 14 heavy (non-hydrogen) atoms. The lowest BCUT2D eigenvalue weighted by Crippen LogP contribution is -2.14. The Morgan fingerprint density at radius 3 is 2.57 bits per heavy atom. The zero-order valence-corrected chi connectivity index (χ0v) is 10.1. The van der Waals surface area contributed by atoms with Crippen LogP contribution in [-0.4, -0.2) is 17.0 Å². The zero-order chi connectivity index (χ0) is 10.8. The minimum Gasteiger partial charge on any atom is -0.314 e. The van der Waals surface area contributed by atoms with Gasteiger partial charge >= 0.3 is 0 Å². The molecule has 0 saturated heterocycles. The van der Waals surface area contributed by atoms with Crippen molar-refractivity contribution < 1.29 is 0 Å². The summed E-state index contributed by atoms with van der Waals surface area (Å²) in [4.78, 5) is 8.12. The van der Waals surface area contributed by atoms with Crippen LogP contribution in [0.15, 0.2) is 6.20 Å². The van der Waals surface area contributed by atoms with Crippen molar-refractivity contribution in [3.05, 3.63) is 23.3 Å². The van der Waals surface area contributed by atoms with Crippen molar-refractivity contribution in [2.24, 2.45) is 0 Å². The van der Waals surface area contributed by atoms with Crippen molar-refractivity contribution in [1.29, 1.82) is 0 Å². The van der Waals surface area contributed by atoms with E-state index >= 15 is 0 Å². The Hall–Kier alpha value is -0.0900. The second kappa shape index (κ2) is 4.62. The summed E-state index contributed by atoms with van der Waals surface area (Å²) in [5, 5.41) is 2.98. The molecule has 1 aromatic rings. The van der Waals surface area contributed by atoms with Gasteiger partial charge in [-0.2, -0.15) is 0 Å². The van der Waals surface area contributed by atoms with E-state index in [0.29, 0.717) is 6.54 Å². The Labute approximate surface area is 97.8 Å². The highest BCUT2D eigenvalue weighted by Crippen LogP contribution is 2.35. The average Bonchev–Trinajstić information content (AvgIpc) is 2.07. The number of aromatic nitrogens is 2. The number of hydrogen-bond donors (Lipinski definition) is 1. The van der Waals surface area contributed by atoms with E-state index in [1.807, 2.05) is 14.0 Å². The molecule has 0 aliphatic carbocycles. The third kappa shape index (κ3) is 2.95. The van der Waals surface area contributed by atoms with Gasteiger partial charge in [-0.15, -0.1) is 0 Å². The predicted octanol–water partition coefficient (Wildman–Crippen LogP) is 2.33. The molecule has 0 aliphatic rings. The fourth-order valence-electron chi connectivity index (χ4n) is 0.960. The Kier molecular flexibility index (Phi) is 3.95. The van der Waals surface area contributed by atoms with E-state index in [-0.39, 0.29) is 5.82 Å². The first-order chi connectivity index (χ1) is 6.45. The lowest BCUT2D eigenvalue weighted by molar-refractivity contribution is 0.762. The van der Waals surface area contributed by atoms with Gasteiger partial charge in [0.25, 0.3) is 0 Å². The van der Waals surface area contributed by atoms with Crippen LogP contribution in [0.4, 0.5) is 0 Å². The molecule has 0 aromatic carbocycles. The van der Waals surface area contributed by atoms with E-state index in [1.165, 1.54) is 0 Å². The van der Waals surface area contributed by atoms with Crippen molar-refractivity contribution in [2.75, 3.05) is 7.05 Å². The molecule has 0 bridgehead atoms. The Morgan fingerprint density at radius 1 is 1.43 bits per heavy atom. The molecule has 0 spiro atoms. The van der Waals surface area contributed by atoms with Crippen LogP contribution in [0.25, 0.3) is 0 Å². The summed E-state index contributed by atoms with van der Waals surface area (Å²) < 4.78 is -1.56. The molecular weight excluding hydrogens is 244 g/mol. The zero-order valence-electron chi connectivity index (χ0n) is 7.81. The van der Waals surface area contributed by atoms with Gasteiger partial charge in [0.1, 0.15) is 0 Å². The second-order valence-electron chi connectivity index (χ2n) is 2.85. The van der Waals surface area contributed by atoms with Crippen molar-refractivity contribution in [2.45, 2.75) is 17.3 Å². The Balaban J connectivity index is 3.06. The SMILES string of the molecule is CNCc1nc(C(Cl)(Cl)Cl)ncc1C. The lowest BCUT2D eigenvalue weighted by Gasteiger charge is -2.11. The van der Waals surface area contributed by atoms with E-state index in [1.54, 1.807) is 6.20 Å². The predicted molar refractivity (Wildman–Crippen MR) is 58.8 cm³/mol. The van der Waals surface area contributed by atoms with Gasteiger partial charge in [0.2, 0.25) is 3.79 Å². The van der Waals surface area contributed by atoms with Gasteiger partial charge in [0.15, 0.2) is 5.82 Å². The van der Waals surface area contributed by atoms with Gasteiger partial charge < -0.3 is 5.32 Å².